The topological polar surface area (TPSA) is 71.0 Å². The molecule has 0 atom stereocenters. The zero-order valence-corrected chi connectivity index (χ0v) is 16.5. The van der Waals surface area contributed by atoms with E-state index in [9.17, 15) is 4.79 Å². The number of aryl methyl sites for hydroxylation is 2. The summed E-state index contributed by atoms with van der Waals surface area (Å²) in [5.41, 5.74) is 2.50. The van der Waals surface area contributed by atoms with E-state index in [1.54, 1.807) is 18.7 Å². The van der Waals surface area contributed by atoms with Gasteiger partial charge in [0.1, 0.15) is 17.0 Å². The van der Waals surface area contributed by atoms with Crippen LogP contribution in [0.15, 0.2) is 30.9 Å². The van der Waals surface area contributed by atoms with Crippen molar-refractivity contribution < 1.29 is 4.79 Å². The summed E-state index contributed by atoms with van der Waals surface area (Å²) >= 11 is 1.83. The number of amides is 1. The predicted molar refractivity (Wildman–Crippen MR) is 110 cm³/mol. The number of fused-ring (bicyclic) bond motifs is 3. The highest BCUT2D eigenvalue weighted by Gasteiger charge is 2.28. The van der Waals surface area contributed by atoms with Crippen molar-refractivity contribution in [2.24, 2.45) is 5.92 Å². The summed E-state index contributed by atoms with van der Waals surface area (Å²) in [6, 6.07) is 3.87. The molecule has 144 valence electrons. The van der Waals surface area contributed by atoms with Crippen LogP contribution in [0.3, 0.4) is 0 Å². The molecule has 0 aromatic carbocycles. The van der Waals surface area contributed by atoms with Gasteiger partial charge in [-0.3, -0.25) is 9.78 Å². The fourth-order valence-electron chi connectivity index (χ4n) is 4.34. The summed E-state index contributed by atoms with van der Waals surface area (Å²) in [5, 5.41) is 4.32. The number of pyridine rings is 1. The molecule has 0 spiro atoms. The van der Waals surface area contributed by atoms with Crippen LogP contribution >= 0.6 is 11.3 Å². The Bertz CT molecular complexity index is 995. The number of aromatic nitrogens is 3. The van der Waals surface area contributed by atoms with E-state index in [4.69, 9.17) is 0 Å². The van der Waals surface area contributed by atoms with Gasteiger partial charge in [0.05, 0.1) is 5.39 Å². The van der Waals surface area contributed by atoms with Gasteiger partial charge in [-0.1, -0.05) is 6.07 Å². The van der Waals surface area contributed by atoms with E-state index >= 15 is 0 Å². The Hall–Kier alpha value is -2.54. The molecule has 1 N–H and O–H groups in total. The lowest BCUT2D eigenvalue weighted by atomic mass is 9.95. The van der Waals surface area contributed by atoms with Crippen molar-refractivity contribution >= 4 is 33.3 Å². The smallest absolute Gasteiger partial charge is 0.223 e. The highest BCUT2D eigenvalue weighted by atomic mass is 32.1. The largest absolute Gasteiger partial charge is 0.356 e. The van der Waals surface area contributed by atoms with Crippen LogP contribution < -0.4 is 10.2 Å². The van der Waals surface area contributed by atoms with E-state index in [-0.39, 0.29) is 11.8 Å². The number of anilines is 1. The minimum Gasteiger partial charge on any atom is -0.356 e. The summed E-state index contributed by atoms with van der Waals surface area (Å²) in [6.07, 6.45) is 10.5. The number of nitrogens with one attached hydrogen (secondary N) is 1. The van der Waals surface area contributed by atoms with Crippen LogP contribution in [0.5, 0.6) is 0 Å². The van der Waals surface area contributed by atoms with E-state index in [0.29, 0.717) is 6.54 Å². The first-order valence-corrected chi connectivity index (χ1v) is 10.8. The number of thiophene rings is 1. The lowest BCUT2D eigenvalue weighted by Gasteiger charge is -2.32. The maximum Gasteiger partial charge on any atom is 0.223 e. The number of rotatable bonds is 4. The van der Waals surface area contributed by atoms with Crippen molar-refractivity contribution in [2.45, 2.75) is 38.6 Å². The van der Waals surface area contributed by atoms with Gasteiger partial charge in [-0.05, 0) is 49.3 Å². The molecule has 2 aliphatic rings. The van der Waals surface area contributed by atoms with E-state index in [0.717, 1.165) is 48.6 Å². The number of hydrogen-bond donors (Lipinski definition) is 1. The van der Waals surface area contributed by atoms with Crippen LogP contribution in [0.4, 0.5) is 5.82 Å². The number of carbonyl (C=O) groups excluding carboxylic acids is 1. The zero-order valence-electron chi connectivity index (χ0n) is 15.7. The Balaban J connectivity index is 1.25. The van der Waals surface area contributed by atoms with Gasteiger partial charge in [0.2, 0.25) is 5.91 Å². The highest BCUT2D eigenvalue weighted by molar-refractivity contribution is 7.19. The third-order valence-corrected chi connectivity index (χ3v) is 7.04. The molecule has 5 rings (SSSR count). The molecule has 1 fully saturated rings. The summed E-state index contributed by atoms with van der Waals surface area (Å²) in [5.74, 6) is 1.28. The molecule has 3 aromatic rings. The lowest BCUT2D eigenvalue weighted by molar-refractivity contribution is -0.125. The Morgan fingerprint density at radius 3 is 2.96 bits per heavy atom. The molecule has 1 amide bonds. The van der Waals surface area contributed by atoms with Gasteiger partial charge in [-0.15, -0.1) is 11.3 Å². The van der Waals surface area contributed by atoms with Crippen LogP contribution in [0.25, 0.3) is 10.2 Å². The van der Waals surface area contributed by atoms with Gasteiger partial charge in [0, 0.05) is 42.8 Å². The first-order valence-electron chi connectivity index (χ1n) is 9.96. The molecule has 7 heteroatoms. The van der Waals surface area contributed by atoms with E-state index < -0.39 is 0 Å². The monoisotopic (exact) mass is 393 g/mol. The van der Waals surface area contributed by atoms with Crippen LogP contribution in [0, 0.1) is 5.92 Å². The van der Waals surface area contributed by atoms with Gasteiger partial charge in [-0.25, -0.2) is 9.97 Å². The molecule has 0 bridgehead atoms. The van der Waals surface area contributed by atoms with Crippen molar-refractivity contribution in [1.82, 2.24) is 20.3 Å². The molecule has 3 aromatic heterocycles. The Morgan fingerprint density at radius 1 is 1.25 bits per heavy atom. The Labute approximate surface area is 168 Å². The number of nitrogens with zero attached hydrogens (tertiary/aromatic N) is 4. The maximum absolute atomic E-state index is 12.6. The molecule has 0 unspecified atom stereocenters. The normalized spacial score (nSPS) is 17.1. The average Bonchev–Trinajstić information content (AvgIpc) is 3.34. The van der Waals surface area contributed by atoms with Gasteiger partial charge in [0.15, 0.2) is 0 Å². The van der Waals surface area contributed by atoms with Crippen LogP contribution in [-0.4, -0.2) is 33.9 Å². The van der Waals surface area contributed by atoms with E-state index in [1.807, 2.05) is 23.5 Å². The van der Waals surface area contributed by atoms with Crippen LogP contribution in [0.2, 0.25) is 0 Å². The summed E-state index contributed by atoms with van der Waals surface area (Å²) < 4.78 is 0. The molecule has 1 saturated heterocycles. The highest BCUT2D eigenvalue weighted by Crippen LogP contribution is 2.40. The summed E-state index contributed by atoms with van der Waals surface area (Å²) in [7, 11) is 0. The maximum atomic E-state index is 12.6. The van der Waals surface area contributed by atoms with Gasteiger partial charge >= 0.3 is 0 Å². The first-order chi connectivity index (χ1) is 13.8. The molecule has 1 aliphatic carbocycles. The Morgan fingerprint density at radius 2 is 2.14 bits per heavy atom. The summed E-state index contributed by atoms with van der Waals surface area (Å²) in [4.78, 5) is 30.8. The molecular weight excluding hydrogens is 370 g/mol. The fraction of sp³-hybridized carbons (Fsp3) is 0.429. The molecule has 0 saturated carbocycles. The SMILES string of the molecule is O=C(NCc1cccnc1)C1CCN(c2ncnc3sc4c(c23)CCC4)CC1. The van der Waals surface area contributed by atoms with Crippen LogP contribution in [0.1, 0.15) is 35.3 Å². The molecular formula is C21H23N5OS. The zero-order chi connectivity index (χ0) is 18.9. The second kappa shape index (κ2) is 7.47. The van der Waals surface area contributed by atoms with Crippen molar-refractivity contribution in [3.05, 3.63) is 46.9 Å². The minimum atomic E-state index is 0.0680. The van der Waals surface area contributed by atoms with Crippen LogP contribution in [-0.2, 0) is 24.2 Å². The number of hydrogen-bond acceptors (Lipinski definition) is 6. The van der Waals surface area contributed by atoms with E-state index in [2.05, 4.69) is 25.2 Å². The van der Waals surface area contributed by atoms with Crippen molar-refractivity contribution in [1.29, 1.82) is 0 Å². The quantitative estimate of drug-likeness (QED) is 0.737. The Kier molecular flexibility index (Phi) is 4.68. The number of carbonyl (C=O) groups is 1. The second-order valence-corrected chi connectivity index (χ2v) is 8.66. The van der Waals surface area contributed by atoms with Gasteiger partial charge in [-0.2, -0.15) is 0 Å². The third kappa shape index (κ3) is 3.24. The van der Waals surface area contributed by atoms with Gasteiger partial charge in [0.25, 0.3) is 0 Å². The third-order valence-electron chi connectivity index (χ3n) is 5.84. The molecule has 4 heterocycles. The predicted octanol–water partition coefficient (Wildman–Crippen LogP) is 3.11. The standard InChI is InChI=1S/C21H23N5OS/c27-20(23-12-14-3-2-8-22-11-14)15-6-9-26(10-7-15)19-18-16-4-1-5-17(16)28-21(18)25-13-24-19/h2-3,8,11,13,15H,1,4-7,9-10,12H2,(H,23,27). The summed E-state index contributed by atoms with van der Waals surface area (Å²) in [6.45, 7) is 2.27. The van der Waals surface area contributed by atoms with Crippen molar-refractivity contribution in [2.75, 3.05) is 18.0 Å². The molecule has 0 radical (unpaired) electrons. The second-order valence-electron chi connectivity index (χ2n) is 7.58. The fourth-order valence-corrected chi connectivity index (χ4v) is 5.56. The van der Waals surface area contributed by atoms with E-state index in [1.165, 1.54) is 28.7 Å². The minimum absolute atomic E-state index is 0.0680. The first kappa shape index (κ1) is 17.6. The van der Waals surface area contributed by atoms with Gasteiger partial charge < -0.3 is 10.2 Å². The molecule has 1 aliphatic heterocycles. The van der Waals surface area contributed by atoms with Crippen molar-refractivity contribution in [3.8, 4) is 0 Å². The average molecular weight is 394 g/mol. The molecule has 6 nitrogen and oxygen atoms in total. The number of piperidine rings is 1. The van der Waals surface area contributed by atoms with Crippen molar-refractivity contribution in [3.63, 3.8) is 0 Å². The lowest BCUT2D eigenvalue weighted by Crippen LogP contribution is -2.40. The molecule has 28 heavy (non-hydrogen) atoms.